The first-order chi connectivity index (χ1) is 17.8. The van der Waals surface area contributed by atoms with E-state index in [1.165, 1.54) is 18.8 Å². The van der Waals surface area contributed by atoms with Gasteiger partial charge in [-0.1, -0.05) is 32.9 Å². The van der Waals surface area contributed by atoms with Gasteiger partial charge in [0.25, 0.3) is 0 Å². The second-order valence-corrected chi connectivity index (χ2v) is 11.7. The van der Waals surface area contributed by atoms with Crippen LogP contribution >= 0.6 is 11.8 Å². The summed E-state index contributed by atoms with van der Waals surface area (Å²) in [6.07, 6.45) is 0.0329. The van der Waals surface area contributed by atoms with E-state index in [9.17, 15) is 19.2 Å². The van der Waals surface area contributed by atoms with Crippen LogP contribution in [0.15, 0.2) is 24.3 Å². The van der Waals surface area contributed by atoms with Crippen LogP contribution in [0.1, 0.15) is 53.5 Å². The minimum absolute atomic E-state index is 0.0492. The third kappa shape index (κ3) is 12.5. The zero-order valence-corrected chi connectivity index (χ0v) is 24.6. The molecule has 0 saturated carbocycles. The standard InChI is InChI=1S/C27H44N4O6S/c1-9-38-22(16-29-26(35)37-27(4,5)6)25(34)31-20(14-17(2)3)24(33)30-21(23(32)28-7)15-18-10-12-19(36-8)13-11-18/h10-13,17,20-22H,9,14-16H2,1-8H3,(H,28,32)(H,29,35)(H,30,33)(H,31,34)/t20-,21-,22?/m0/s1. The summed E-state index contributed by atoms with van der Waals surface area (Å²) in [6.45, 7) is 11.1. The molecule has 1 rings (SSSR count). The largest absolute Gasteiger partial charge is 0.497 e. The molecule has 0 radical (unpaired) electrons. The molecule has 38 heavy (non-hydrogen) atoms. The van der Waals surface area contributed by atoms with Crippen molar-refractivity contribution in [3.8, 4) is 5.75 Å². The number of likely N-dealkylation sites (N-methyl/N-ethyl adjacent to an activating group) is 1. The summed E-state index contributed by atoms with van der Waals surface area (Å²) in [5.41, 5.74) is 0.185. The fraction of sp³-hybridized carbons (Fsp3) is 0.630. The third-order valence-corrected chi connectivity index (χ3v) is 6.43. The Balaban J connectivity index is 2.96. The summed E-state index contributed by atoms with van der Waals surface area (Å²) in [6, 6.07) is 5.55. The fourth-order valence-corrected chi connectivity index (χ4v) is 4.36. The Morgan fingerprint density at radius 1 is 0.947 bits per heavy atom. The molecule has 214 valence electrons. The topological polar surface area (TPSA) is 135 Å². The van der Waals surface area contributed by atoms with Gasteiger partial charge >= 0.3 is 6.09 Å². The van der Waals surface area contributed by atoms with Crippen molar-refractivity contribution in [2.45, 2.75) is 77.3 Å². The molecule has 1 aromatic carbocycles. The molecule has 10 nitrogen and oxygen atoms in total. The van der Waals surface area contributed by atoms with E-state index in [0.29, 0.717) is 17.9 Å². The molecule has 11 heteroatoms. The molecule has 0 heterocycles. The number of nitrogens with one attached hydrogen (secondary N) is 4. The van der Waals surface area contributed by atoms with E-state index in [1.807, 2.05) is 32.9 Å². The smallest absolute Gasteiger partial charge is 0.407 e. The van der Waals surface area contributed by atoms with Crippen LogP contribution in [0.25, 0.3) is 0 Å². The van der Waals surface area contributed by atoms with E-state index in [1.54, 1.807) is 40.0 Å². The van der Waals surface area contributed by atoms with Crippen LogP contribution in [0.2, 0.25) is 0 Å². The van der Waals surface area contributed by atoms with E-state index in [0.717, 1.165) is 5.56 Å². The number of methoxy groups -OCH3 is 1. The van der Waals surface area contributed by atoms with Gasteiger partial charge < -0.3 is 30.7 Å². The SMILES string of the molecule is CCSC(CNC(=O)OC(C)(C)C)C(=O)N[C@@H](CC(C)C)C(=O)N[C@@H](Cc1ccc(OC)cc1)C(=O)NC. The maximum absolute atomic E-state index is 13.3. The number of hydrogen-bond acceptors (Lipinski definition) is 7. The van der Waals surface area contributed by atoms with Crippen LogP contribution in [0, 0.1) is 5.92 Å². The highest BCUT2D eigenvalue weighted by Gasteiger charge is 2.30. The summed E-state index contributed by atoms with van der Waals surface area (Å²) in [7, 11) is 3.08. The van der Waals surface area contributed by atoms with Gasteiger partial charge in [-0.2, -0.15) is 0 Å². The summed E-state index contributed by atoms with van der Waals surface area (Å²) >= 11 is 1.36. The van der Waals surface area contributed by atoms with Crippen molar-refractivity contribution >= 4 is 35.6 Å². The maximum atomic E-state index is 13.3. The van der Waals surface area contributed by atoms with Crippen molar-refractivity contribution in [1.29, 1.82) is 0 Å². The van der Waals surface area contributed by atoms with Gasteiger partial charge in [0.1, 0.15) is 28.7 Å². The van der Waals surface area contributed by atoms with Crippen LogP contribution in [0.5, 0.6) is 5.75 Å². The molecule has 0 bridgehead atoms. The maximum Gasteiger partial charge on any atom is 0.407 e. The van der Waals surface area contributed by atoms with Crippen molar-refractivity contribution in [3.63, 3.8) is 0 Å². The van der Waals surface area contributed by atoms with Gasteiger partial charge in [0.2, 0.25) is 17.7 Å². The van der Waals surface area contributed by atoms with Gasteiger partial charge in [0, 0.05) is 20.0 Å². The average molecular weight is 553 g/mol. The van der Waals surface area contributed by atoms with Gasteiger partial charge in [0.05, 0.1) is 7.11 Å². The third-order valence-electron chi connectivity index (χ3n) is 5.31. The minimum Gasteiger partial charge on any atom is -0.497 e. The van der Waals surface area contributed by atoms with Crippen molar-refractivity contribution in [3.05, 3.63) is 29.8 Å². The molecule has 1 unspecified atom stereocenters. The number of thioether (sulfide) groups is 1. The summed E-state index contributed by atoms with van der Waals surface area (Å²) in [4.78, 5) is 51.1. The zero-order valence-electron chi connectivity index (χ0n) is 23.8. The lowest BCUT2D eigenvalue weighted by molar-refractivity contribution is -0.132. The van der Waals surface area contributed by atoms with Crippen molar-refractivity contribution < 1.29 is 28.7 Å². The van der Waals surface area contributed by atoms with Gasteiger partial charge in [-0.3, -0.25) is 14.4 Å². The highest BCUT2D eigenvalue weighted by Crippen LogP contribution is 2.15. The van der Waals surface area contributed by atoms with E-state index in [4.69, 9.17) is 9.47 Å². The van der Waals surface area contributed by atoms with Gasteiger partial charge in [0.15, 0.2) is 0 Å². The molecular formula is C27H44N4O6S. The number of carbonyl (C=O) groups excluding carboxylic acids is 4. The molecular weight excluding hydrogens is 508 g/mol. The van der Waals surface area contributed by atoms with Crippen LogP contribution in [-0.2, 0) is 25.5 Å². The van der Waals surface area contributed by atoms with E-state index in [2.05, 4.69) is 21.3 Å². The Bertz CT molecular complexity index is 917. The van der Waals surface area contributed by atoms with Crippen LogP contribution < -0.4 is 26.0 Å². The van der Waals surface area contributed by atoms with Crippen LogP contribution in [0.4, 0.5) is 4.79 Å². The van der Waals surface area contributed by atoms with Crippen molar-refractivity contribution in [2.75, 3.05) is 26.5 Å². The molecule has 0 spiro atoms. The lowest BCUT2D eigenvalue weighted by Gasteiger charge is -2.26. The van der Waals surface area contributed by atoms with Gasteiger partial charge in [-0.25, -0.2) is 4.79 Å². The Kier molecular flexibility index (Phi) is 14.0. The van der Waals surface area contributed by atoms with E-state index < -0.39 is 34.9 Å². The molecule has 4 N–H and O–H groups in total. The highest BCUT2D eigenvalue weighted by molar-refractivity contribution is 8.00. The molecule has 3 atom stereocenters. The minimum atomic E-state index is -0.855. The Labute approximate surface area is 230 Å². The average Bonchev–Trinajstić information content (AvgIpc) is 2.84. The molecule has 0 aliphatic heterocycles. The number of rotatable bonds is 14. The predicted octanol–water partition coefficient (Wildman–Crippen LogP) is 2.65. The molecule has 0 aromatic heterocycles. The van der Waals surface area contributed by atoms with Gasteiger partial charge in [-0.05, 0) is 56.6 Å². The number of hydrogen-bond donors (Lipinski definition) is 4. The molecule has 1 aromatic rings. The Hall–Kier alpha value is -2.95. The highest BCUT2D eigenvalue weighted by atomic mass is 32.2. The van der Waals surface area contributed by atoms with Crippen molar-refractivity contribution in [1.82, 2.24) is 21.3 Å². The first-order valence-electron chi connectivity index (χ1n) is 12.8. The quantitative estimate of drug-likeness (QED) is 0.279. The molecule has 0 aliphatic carbocycles. The number of alkyl carbamates (subject to hydrolysis) is 1. The Morgan fingerprint density at radius 3 is 2.05 bits per heavy atom. The molecule has 0 saturated heterocycles. The van der Waals surface area contributed by atoms with E-state index >= 15 is 0 Å². The normalized spacial score (nSPS) is 13.6. The lowest BCUT2D eigenvalue weighted by Crippen LogP contribution is -2.56. The fourth-order valence-electron chi connectivity index (χ4n) is 3.54. The number of benzene rings is 1. The summed E-state index contributed by atoms with van der Waals surface area (Å²) in [5.74, 6) is 0.257. The zero-order chi connectivity index (χ0) is 28.9. The van der Waals surface area contributed by atoms with Gasteiger partial charge in [-0.15, -0.1) is 11.8 Å². The number of ether oxygens (including phenoxy) is 2. The van der Waals surface area contributed by atoms with Crippen molar-refractivity contribution in [2.24, 2.45) is 5.92 Å². The predicted molar refractivity (Wildman–Crippen MR) is 150 cm³/mol. The second kappa shape index (κ2) is 16.1. The first-order valence-corrected chi connectivity index (χ1v) is 13.9. The monoisotopic (exact) mass is 552 g/mol. The summed E-state index contributed by atoms with van der Waals surface area (Å²) < 4.78 is 10.4. The summed E-state index contributed by atoms with van der Waals surface area (Å²) in [5, 5.41) is 10.2. The lowest BCUT2D eigenvalue weighted by atomic mass is 10.0. The molecule has 0 fully saturated rings. The molecule has 0 aliphatic rings. The number of amides is 4. The van der Waals surface area contributed by atoms with Crippen LogP contribution in [0.3, 0.4) is 0 Å². The van der Waals surface area contributed by atoms with E-state index in [-0.39, 0.29) is 30.7 Å². The second-order valence-electron chi connectivity index (χ2n) is 10.2. The first kappa shape index (κ1) is 33.1. The number of carbonyl (C=O) groups is 4. The Morgan fingerprint density at radius 2 is 1.55 bits per heavy atom. The van der Waals surface area contributed by atoms with Crippen LogP contribution in [-0.4, -0.2) is 73.2 Å². The molecule has 4 amide bonds.